The first-order valence-electron chi connectivity index (χ1n) is 11.6. The van der Waals surface area contributed by atoms with Gasteiger partial charge in [-0.05, 0) is 43.9 Å². The molecule has 0 aliphatic carbocycles. The summed E-state index contributed by atoms with van der Waals surface area (Å²) in [5, 5.41) is 27.2. The highest BCUT2D eigenvalue weighted by molar-refractivity contribution is 8.03. The van der Waals surface area contributed by atoms with Crippen molar-refractivity contribution in [3.05, 3.63) is 46.0 Å². The zero-order chi connectivity index (χ0) is 22.6. The van der Waals surface area contributed by atoms with Crippen molar-refractivity contribution in [2.24, 2.45) is 11.8 Å². The van der Waals surface area contributed by atoms with E-state index in [2.05, 4.69) is 34.9 Å². The van der Waals surface area contributed by atoms with Crippen molar-refractivity contribution in [1.29, 1.82) is 0 Å². The van der Waals surface area contributed by atoms with Crippen LogP contribution in [0.15, 0.2) is 34.9 Å². The van der Waals surface area contributed by atoms with Gasteiger partial charge in [0.1, 0.15) is 5.70 Å². The number of hydrogen-bond donors (Lipinski definition) is 4. The minimum atomic E-state index is -1.06. The maximum absolute atomic E-state index is 12.5. The van der Waals surface area contributed by atoms with Gasteiger partial charge in [0.05, 0.1) is 18.1 Å². The lowest BCUT2D eigenvalue weighted by Gasteiger charge is -2.46. The minimum Gasteiger partial charge on any atom is -0.477 e. The molecule has 0 spiro atoms. The molecule has 1 aromatic carbocycles. The highest BCUT2D eigenvalue weighted by Crippen LogP contribution is 2.52. The summed E-state index contributed by atoms with van der Waals surface area (Å²) in [6, 6.07) is 9.31. The van der Waals surface area contributed by atoms with E-state index in [1.165, 1.54) is 28.9 Å². The molecule has 33 heavy (non-hydrogen) atoms. The predicted octanol–water partition coefficient (Wildman–Crippen LogP) is 2.82. The molecule has 1 aromatic rings. The molecular weight excluding hydrogens is 462 g/mol. The number of carboxylic acids is 1. The van der Waals surface area contributed by atoms with Crippen LogP contribution in [0.2, 0.25) is 0 Å². The number of hydrogen-bond acceptors (Lipinski definition) is 6. The van der Waals surface area contributed by atoms with Crippen LogP contribution < -0.4 is 10.6 Å². The van der Waals surface area contributed by atoms with Crippen LogP contribution >= 0.6 is 24.2 Å². The number of halogens is 1. The number of thioether (sulfide) groups is 1. The fourth-order valence-electron chi connectivity index (χ4n) is 5.83. The SMILES string of the molecule is C[C@@H](O)[C@H]1C(=O)N2C(C(=O)O)=C(S[C@@H]3CN[C@@H](c4ccc([C@@H]5CCCN5)cc4)C3)[C@H](C)[C@H]12.Cl. The molecule has 4 heterocycles. The fraction of sp³-hybridized carbons (Fsp3) is 0.583. The monoisotopic (exact) mass is 493 g/mol. The molecule has 0 unspecified atom stereocenters. The summed E-state index contributed by atoms with van der Waals surface area (Å²) in [6.07, 6.45) is 2.55. The zero-order valence-electron chi connectivity index (χ0n) is 18.9. The fourth-order valence-corrected chi connectivity index (χ4v) is 7.31. The number of β-lactam (4-membered cyclic amide) rings is 1. The molecule has 4 N–H and O–H groups in total. The average Bonchev–Trinajstić information content (AvgIpc) is 3.49. The van der Waals surface area contributed by atoms with Gasteiger partial charge in [0.15, 0.2) is 0 Å². The quantitative estimate of drug-likeness (QED) is 0.452. The number of rotatable bonds is 6. The van der Waals surface area contributed by atoms with Gasteiger partial charge in [0, 0.05) is 34.7 Å². The second-order valence-corrected chi connectivity index (χ2v) is 10.9. The Kier molecular flexibility index (Phi) is 7.13. The van der Waals surface area contributed by atoms with Crippen molar-refractivity contribution in [3.63, 3.8) is 0 Å². The van der Waals surface area contributed by atoms with E-state index in [1.807, 2.05) is 6.92 Å². The van der Waals surface area contributed by atoms with Gasteiger partial charge in [-0.15, -0.1) is 24.2 Å². The van der Waals surface area contributed by atoms with Crippen molar-refractivity contribution in [2.75, 3.05) is 13.1 Å². The Labute approximate surface area is 204 Å². The molecule has 9 heteroatoms. The zero-order valence-corrected chi connectivity index (χ0v) is 20.5. The highest BCUT2D eigenvalue weighted by atomic mass is 35.5. The number of aliphatic hydroxyl groups excluding tert-OH is 1. The third-order valence-corrected chi connectivity index (χ3v) is 9.01. The molecule has 3 saturated heterocycles. The molecule has 3 fully saturated rings. The molecule has 7 atom stereocenters. The molecule has 0 saturated carbocycles. The maximum atomic E-state index is 12.5. The first kappa shape index (κ1) is 24.5. The van der Waals surface area contributed by atoms with Crippen LogP contribution in [-0.4, -0.2) is 57.5 Å². The van der Waals surface area contributed by atoms with E-state index in [4.69, 9.17) is 0 Å². The standard InChI is InChI=1S/C24H31N3O4S.ClH/c1-12-20-19(13(2)28)23(29)27(20)21(24(30)31)22(12)32-16-10-18(26-11-16)15-7-5-14(6-8-15)17-4-3-9-25-17;/h5-8,12-13,16-20,25-26,28H,3-4,9-11H2,1-2H3,(H,30,31);1H/t12-,13-,16+,17+,18-,19-,20-;/m1./s1. The van der Waals surface area contributed by atoms with Crippen LogP contribution in [0.3, 0.4) is 0 Å². The topological polar surface area (TPSA) is 102 Å². The first-order valence-corrected chi connectivity index (χ1v) is 12.5. The van der Waals surface area contributed by atoms with Crippen LogP contribution in [0, 0.1) is 11.8 Å². The van der Waals surface area contributed by atoms with Gasteiger partial charge < -0.3 is 25.7 Å². The number of nitrogens with one attached hydrogen (secondary N) is 2. The Morgan fingerprint density at radius 1 is 1.18 bits per heavy atom. The molecule has 0 aromatic heterocycles. The number of aliphatic hydroxyl groups is 1. The molecule has 4 aliphatic heterocycles. The summed E-state index contributed by atoms with van der Waals surface area (Å²) in [6.45, 7) is 5.47. The summed E-state index contributed by atoms with van der Waals surface area (Å²) >= 11 is 1.60. The molecule has 0 bridgehead atoms. The lowest BCUT2D eigenvalue weighted by atomic mass is 9.79. The average molecular weight is 494 g/mol. The molecular formula is C24H32ClN3O4S. The second kappa shape index (κ2) is 9.58. The number of carbonyl (C=O) groups is 2. The smallest absolute Gasteiger partial charge is 0.353 e. The first-order chi connectivity index (χ1) is 15.4. The molecule has 7 nitrogen and oxygen atoms in total. The summed E-state index contributed by atoms with van der Waals surface area (Å²) < 4.78 is 0. The number of carbonyl (C=O) groups excluding carboxylic acids is 1. The Balaban J connectivity index is 0.00000259. The summed E-state index contributed by atoms with van der Waals surface area (Å²) in [5.41, 5.74) is 2.72. The Bertz CT molecular complexity index is 948. The minimum absolute atomic E-state index is 0. The lowest BCUT2D eigenvalue weighted by Crippen LogP contribution is -2.63. The Morgan fingerprint density at radius 3 is 2.42 bits per heavy atom. The van der Waals surface area contributed by atoms with E-state index >= 15 is 0 Å². The van der Waals surface area contributed by atoms with E-state index in [1.54, 1.807) is 18.7 Å². The van der Waals surface area contributed by atoms with Crippen LogP contribution in [0.1, 0.15) is 56.3 Å². The molecule has 4 aliphatic rings. The highest BCUT2D eigenvalue weighted by Gasteiger charge is 2.60. The van der Waals surface area contributed by atoms with Crippen molar-refractivity contribution in [2.45, 2.75) is 62.6 Å². The molecule has 180 valence electrons. The number of amides is 1. The van der Waals surface area contributed by atoms with Crippen LogP contribution in [0.25, 0.3) is 0 Å². The number of carboxylic acid groups (broad SMARTS) is 1. The Morgan fingerprint density at radius 2 is 1.85 bits per heavy atom. The van der Waals surface area contributed by atoms with Gasteiger partial charge in [-0.25, -0.2) is 4.79 Å². The van der Waals surface area contributed by atoms with E-state index in [9.17, 15) is 19.8 Å². The number of nitrogens with zero attached hydrogens (tertiary/aromatic N) is 1. The van der Waals surface area contributed by atoms with E-state index in [0.717, 1.165) is 24.4 Å². The number of aliphatic carboxylic acids is 1. The van der Waals surface area contributed by atoms with Crippen LogP contribution in [0.4, 0.5) is 0 Å². The molecule has 0 radical (unpaired) electrons. The second-order valence-electron chi connectivity index (χ2n) is 9.52. The maximum Gasteiger partial charge on any atom is 0.353 e. The summed E-state index contributed by atoms with van der Waals surface area (Å²) in [4.78, 5) is 26.7. The van der Waals surface area contributed by atoms with Gasteiger partial charge in [-0.3, -0.25) is 4.79 Å². The van der Waals surface area contributed by atoms with Crippen molar-refractivity contribution >= 4 is 36.0 Å². The van der Waals surface area contributed by atoms with Gasteiger partial charge in [0.2, 0.25) is 5.91 Å². The van der Waals surface area contributed by atoms with Gasteiger partial charge in [-0.1, -0.05) is 31.2 Å². The van der Waals surface area contributed by atoms with Crippen LogP contribution in [-0.2, 0) is 9.59 Å². The largest absolute Gasteiger partial charge is 0.477 e. The summed E-state index contributed by atoms with van der Waals surface area (Å²) in [7, 11) is 0. The van der Waals surface area contributed by atoms with Gasteiger partial charge in [-0.2, -0.15) is 0 Å². The van der Waals surface area contributed by atoms with Crippen molar-refractivity contribution < 1.29 is 19.8 Å². The lowest BCUT2D eigenvalue weighted by molar-refractivity contribution is -0.163. The number of benzene rings is 1. The third kappa shape index (κ3) is 4.21. The predicted molar refractivity (Wildman–Crippen MR) is 130 cm³/mol. The Hall–Kier alpha value is -1.58. The molecule has 5 rings (SSSR count). The van der Waals surface area contributed by atoms with Gasteiger partial charge in [0.25, 0.3) is 0 Å². The van der Waals surface area contributed by atoms with Crippen molar-refractivity contribution in [1.82, 2.24) is 15.5 Å². The van der Waals surface area contributed by atoms with E-state index < -0.39 is 18.0 Å². The number of fused-ring (bicyclic) bond motifs is 1. The third-order valence-electron chi connectivity index (χ3n) is 7.50. The molecule has 1 amide bonds. The van der Waals surface area contributed by atoms with E-state index in [0.29, 0.717) is 6.04 Å². The summed E-state index contributed by atoms with van der Waals surface area (Å²) in [5.74, 6) is -1.93. The van der Waals surface area contributed by atoms with Crippen molar-refractivity contribution in [3.8, 4) is 0 Å². The van der Waals surface area contributed by atoms with Gasteiger partial charge >= 0.3 is 5.97 Å². The van der Waals surface area contributed by atoms with E-state index in [-0.39, 0.29) is 47.3 Å². The normalized spacial score (nSPS) is 34.2. The van der Waals surface area contributed by atoms with Crippen LogP contribution in [0.5, 0.6) is 0 Å².